The molecule has 0 atom stereocenters. The number of hydrogen-bond donors (Lipinski definition) is 0. The van der Waals surface area contributed by atoms with Crippen LogP contribution in [-0.2, 0) is 0 Å². The van der Waals surface area contributed by atoms with Gasteiger partial charge in [0.1, 0.15) is 12.4 Å². The molecule has 1 rings (SSSR count). The van der Waals surface area contributed by atoms with Crippen molar-refractivity contribution in [1.82, 2.24) is 0 Å². The highest BCUT2D eigenvalue weighted by molar-refractivity contribution is 5.26. The Labute approximate surface area is 73.4 Å². The Balaban J connectivity index is 2.51. The molecule has 0 saturated carbocycles. The van der Waals surface area contributed by atoms with Gasteiger partial charge < -0.3 is 4.74 Å². The van der Waals surface area contributed by atoms with Gasteiger partial charge in [-0.2, -0.15) is 0 Å². The van der Waals surface area contributed by atoms with Gasteiger partial charge in [0.2, 0.25) is 0 Å². The maximum absolute atomic E-state index is 5.33. The largest absolute Gasteiger partial charge is 0.481 e. The van der Waals surface area contributed by atoms with Crippen molar-refractivity contribution in [2.45, 2.75) is 13.8 Å². The summed E-state index contributed by atoms with van der Waals surface area (Å²) < 4.78 is 5.33. The fourth-order valence-electron chi connectivity index (χ4n) is 0.826. The van der Waals surface area contributed by atoms with Crippen molar-refractivity contribution in [1.29, 1.82) is 0 Å². The minimum Gasteiger partial charge on any atom is -0.481 e. The zero-order valence-electron chi connectivity index (χ0n) is 7.42. The lowest BCUT2D eigenvalue weighted by Gasteiger charge is -2.00. The molecule has 0 heterocycles. The van der Waals surface area contributed by atoms with Gasteiger partial charge in [0.05, 0.1) is 0 Å². The van der Waals surface area contributed by atoms with Gasteiger partial charge in [-0.3, -0.25) is 0 Å². The molecule has 1 aromatic carbocycles. The Morgan fingerprint density at radius 1 is 1.25 bits per heavy atom. The molecule has 1 aromatic rings. The van der Waals surface area contributed by atoms with E-state index in [2.05, 4.69) is 18.8 Å². The molecule has 0 radical (unpaired) electrons. The van der Waals surface area contributed by atoms with Crippen LogP contribution in [0.25, 0.3) is 0 Å². The van der Waals surface area contributed by atoms with Gasteiger partial charge in [0.25, 0.3) is 0 Å². The second kappa shape index (κ2) is 4.46. The molecule has 0 aromatic heterocycles. The Morgan fingerprint density at radius 2 is 1.92 bits per heavy atom. The average molecular weight is 160 g/mol. The van der Waals surface area contributed by atoms with E-state index in [1.807, 2.05) is 24.3 Å². The van der Waals surface area contributed by atoms with Gasteiger partial charge in [-0.15, -0.1) is 5.92 Å². The topological polar surface area (TPSA) is 9.23 Å². The summed E-state index contributed by atoms with van der Waals surface area (Å²) in [7, 11) is 0. The molecule has 0 amide bonds. The van der Waals surface area contributed by atoms with Crippen LogP contribution in [0.2, 0.25) is 0 Å². The van der Waals surface area contributed by atoms with Gasteiger partial charge >= 0.3 is 0 Å². The van der Waals surface area contributed by atoms with E-state index in [9.17, 15) is 0 Å². The fourth-order valence-corrected chi connectivity index (χ4v) is 0.826. The standard InChI is InChI=1S/C11H12O/c1-3-4-9-12-11-7-5-10(2)6-8-11/h5-8H,9H2,1-2H3. The Morgan fingerprint density at radius 3 is 2.50 bits per heavy atom. The molecule has 0 saturated heterocycles. The summed E-state index contributed by atoms with van der Waals surface area (Å²) in [5, 5.41) is 0. The van der Waals surface area contributed by atoms with Gasteiger partial charge in [0, 0.05) is 0 Å². The summed E-state index contributed by atoms with van der Waals surface area (Å²) >= 11 is 0. The predicted octanol–water partition coefficient (Wildman–Crippen LogP) is 2.40. The highest BCUT2D eigenvalue weighted by Gasteiger charge is 1.89. The first-order valence-corrected chi connectivity index (χ1v) is 3.92. The summed E-state index contributed by atoms with van der Waals surface area (Å²) in [5.41, 5.74) is 1.24. The van der Waals surface area contributed by atoms with E-state index < -0.39 is 0 Å². The van der Waals surface area contributed by atoms with E-state index in [1.54, 1.807) is 6.92 Å². The monoisotopic (exact) mass is 160 g/mol. The number of benzene rings is 1. The lowest BCUT2D eigenvalue weighted by Crippen LogP contribution is -1.92. The van der Waals surface area contributed by atoms with Crippen LogP contribution in [0.1, 0.15) is 12.5 Å². The average Bonchev–Trinajstić information content (AvgIpc) is 2.09. The Kier molecular flexibility index (Phi) is 3.22. The highest BCUT2D eigenvalue weighted by Crippen LogP contribution is 2.10. The first kappa shape index (κ1) is 8.67. The van der Waals surface area contributed by atoms with Crippen LogP contribution < -0.4 is 4.74 Å². The predicted molar refractivity (Wildman–Crippen MR) is 50.1 cm³/mol. The second-order valence-electron chi connectivity index (χ2n) is 2.53. The number of aryl methyl sites for hydroxylation is 1. The molecule has 0 spiro atoms. The van der Waals surface area contributed by atoms with Crippen molar-refractivity contribution >= 4 is 0 Å². The molecule has 0 bridgehead atoms. The lowest BCUT2D eigenvalue weighted by molar-refractivity contribution is 0.370. The van der Waals surface area contributed by atoms with Crippen LogP contribution in [0, 0.1) is 18.8 Å². The van der Waals surface area contributed by atoms with Crippen molar-refractivity contribution in [2.75, 3.05) is 6.61 Å². The first-order valence-electron chi connectivity index (χ1n) is 3.92. The minimum absolute atomic E-state index is 0.472. The molecule has 0 aliphatic rings. The summed E-state index contributed by atoms with van der Waals surface area (Å²) in [5.74, 6) is 6.49. The molecule has 1 heteroatoms. The van der Waals surface area contributed by atoms with E-state index >= 15 is 0 Å². The lowest BCUT2D eigenvalue weighted by atomic mass is 10.2. The number of hydrogen-bond acceptors (Lipinski definition) is 1. The van der Waals surface area contributed by atoms with Crippen LogP contribution in [-0.4, -0.2) is 6.61 Å². The third-order valence-electron chi connectivity index (χ3n) is 1.51. The second-order valence-corrected chi connectivity index (χ2v) is 2.53. The van der Waals surface area contributed by atoms with E-state index in [-0.39, 0.29) is 0 Å². The molecule has 0 N–H and O–H groups in total. The Hall–Kier alpha value is -1.42. The van der Waals surface area contributed by atoms with E-state index in [0.717, 1.165) is 5.75 Å². The molecule has 12 heavy (non-hydrogen) atoms. The molecular formula is C11H12O. The van der Waals surface area contributed by atoms with E-state index in [4.69, 9.17) is 4.74 Å². The summed E-state index contributed by atoms with van der Waals surface area (Å²) in [4.78, 5) is 0. The molecular weight excluding hydrogens is 148 g/mol. The van der Waals surface area contributed by atoms with Crippen LogP contribution in [0.3, 0.4) is 0 Å². The maximum atomic E-state index is 5.33. The highest BCUT2D eigenvalue weighted by atomic mass is 16.5. The smallest absolute Gasteiger partial charge is 0.149 e. The van der Waals surface area contributed by atoms with Crippen LogP contribution in [0.15, 0.2) is 24.3 Å². The van der Waals surface area contributed by atoms with Crippen LogP contribution >= 0.6 is 0 Å². The SMILES string of the molecule is CC#CCOc1ccc(C)cc1. The first-order chi connectivity index (χ1) is 5.83. The number of rotatable bonds is 2. The van der Waals surface area contributed by atoms with Crippen molar-refractivity contribution in [3.63, 3.8) is 0 Å². The van der Waals surface area contributed by atoms with Crippen molar-refractivity contribution in [3.8, 4) is 17.6 Å². The van der Waals surface area contributed by atoms with Gasteiger partial charge in [-0.05, 0) is 26.0 Å². The van der Waals surface area contributed by atoms with E-state index in [0.29, 0.717) is 6.61 Å². The third-order valence-corrected chi connectivity index (χ3v) is 1.51. The third kappa shape index (κ3) is 2.67. The van der Waals surface area contributed by atoms with Crippen molar-refractivity contribution < 1.29 is 4.74 Å². The minimum atomic E-state index is 0.472. The summed E-state index contributed by atoms with van der Waals surface area (Å²) in [6.07, 6.45) is 0. The molecule has 0 aliphatic heterocycles. The molecule has 1 nitrogen and oxygen atoms in total. The maximum Gasteiger partial charge on any atom is 0.149 e. The Bertz CT molecular complexity index is 287. The van der Waals surface area contributed by atoms with E-state index in [1.165, 1.54) is 5.56 Å². The van der Waals surface area contributed by atoms with Gasteiger partial charge in [-0.1, -0.05) is 23.6 Å². The van der Waals surface area contributed by atoms with Crippen LogP contribution in [0.4, 0.5) is 0 Å². The number of ether oxygens (including phenoxy) is 1. The normalized spacial score (nSPS) is 8.50. The van der Waals surface area contributed by atoms with Crippen LogP contribution in [0.5, 0.6) is 5.75 Å². The van der Waals surface area contributed by atoms with Gasteiger partial charge in [-0.25, -0.2) is 0 Å². The summed E-state index contributed by atoms with van der Waals surface area (Å²) in [6, 6.07) is 7.95. The molecule has 62 valence electrons. The zero-order chi connectivity index (χ0) is 8.81. The molecule has 0 unspecified atom stereocenters. The molecule has 0 fully saturated rings. The van der Waals surface area contributed by atoms with Crippen molar-refractivity contribution in [2.24, 2.45) is 0 Å². The zero-order valence-corrected chi connectivity index (χ0v) is 7.42. The summed E-state index contributed by atoms with van der Waals surface area (Å²) in [6.45, 7) is 4.33. The quantitative estimate of drug-likeness (QED) is 0.603. The fraction of sp³-hybridized carbons (Fsp3) is 0.273. The van der Waals surface area contributed by atoms with Gasteiger partial charge in [0.15, 0.2) is 0 Å². The van der Waals surface area contributed by atoms with Crippen molar-refractivity contribution in [3.05, 3.63) is 29.8 Å². The molecule has 0 aliphatic carbocycles.